The summed E-state index contributed by atoms with van der Waals surface area (Å²) in [4.78, 5) is 34.7. The Hall–Kier alpha value is -3.75. The third-order valence-electron chi connectivity index (χ3n) is 4.82. The number of benzene rings is 2. The van der Waals surface area contributed by atoms with Crippen molar-refractivity contribution in [3.8, 4) is 17.6 Å². The molecule has 0 aliphatic heterocycles. The van der Waals surface area contributed by atoms with Crippen molar-refractivity contribution < 1.29 is 28.6 Å². The zero-order valence-electron chi connectivity index (χ0n) is 18.8. The molecule has 0 aliphatic carbocycles. The smallest absolute Gasteiger partial charge is 0.308 e. The number of rotatable bonds is 9. The van der Waals surface area contributed by atoms with E-state index in [1.807, 2.05) is 6.07 Å². The van der Waals surface area contributed by atoms with Crippen LogP contribution in [0.25, 0.3) is 0 Å². The lowest BCUT2D eigenvalue weighted by Crippen LogP contribution is -2.28. The molecule has 0 radical (unpaired) electrons. The number of carboxylic acids is 1. The van der Waals surface area contributed by atoms with Crippen LogP contribution in [0.2, 0.25) is 5.02 Å². The van der Waals surface area contributed by atoms with Crippen LogP contribution >= 0.6 is 27.5 Å². The minimum absolute atomic E-state index is 0.0253. The topological polar surface area (TPSA) is 132 Å². The number of nitrogens with zero attached hydrogens (tertiary/aromatic N) is 3. The van der Waals surface area contributed by atoms with Crippen molar-refractivity contribution in [2.24, 2.45) is 0 Å². The number of halogens is 3. The van der Waals surface area contributed by atoms with E-state index in [4.69, 9.17) is 31.4 Å². The zero-order chi connectivity index (χ0) is 26.4. The lowest BCUT2D eigenvalue weighted by Gasteiger charge is -2.13. The number of ether oxygens (including phenoxy) is 2. The third kappa shape index (κ3) is 6.90. The maximum Gasteiger partial charge on any atom is 0.308 e. The molecule has 186 valence electrons. The van der Waals surface area contributed by atoms with Crippen molar-refractivity contribution in [2.45, 2.75) is 32.9 Å². The van der Waals surface area contributed by atoms with E-state index < -0.39 is 36.5 Å². The molecule has 0 atom stereocenters. The Labute approximate surface area is 217 Å². The Morgan fingerprint density at radius 1 is 1.25 bits per heavy atom. The number of aliphatic carboxylic acids is 1. The van der Waals surface area contributed by atoms with Crippen LogP contribution in [0.4, 0.5) is 4.39 Å². The van der Waals surface area contributed by atoms with Gasteiger partial charge in [0, 0.05) is 17.0 Å². The van der Waals surface area contributed by atoms with Crippen molar-refractivity contribution in [3.63, 3.8) is 0 Å². The van der Waals surface area contributed by atoms with Gasteiger partial charge in [0.05, 0.1) is 34.6 Å². The van der Waals surface area contributed by atoms with Gasteiger partial charge in [-0.3, -0.25) is 14.4 Å². The van der Waals surface area contributed by atoms with Gasteiger partial charge in [-0.15, -0.1) is 0 Å². The second-order valence-electron chi connectivity index (χ2n) is 7.58. The summed E-state index contributed by atoms with van der Waals surface area (Å²) in [5.41, 5.74) is 0.537. The third-order valence-corrected chi connectivity index (χ3v) is 5.66. The number of esters is 1. The van der Waals surface area contributed by atoms with Crippen LogP contribution in [-0.2, 0) is 27.5 Å². The summed E-state index contributed by atoms with van der Waals surface area (Å²) in [6.45, 7) is 1.02. The summed E-state index contributed by atoms with van der Waals surface area (Å²) in [6, 6.07) is 10.8. The van der Waals surface area contributed by atoms with Crippen molar-refractivity contribution in [2.75, 3.05) is 0 Å². The molecule has 1 heterocycles. The van der Waals surface area contributed by atoms with Crippen molar-refractivity contribution in [1.82, 2.24) is 9.78 Å². The fraction of sp³-hybridized carbons (Fsp3) is 0.208. The summed E-state index contributed by atoms with van der Waals surface area (Å²) in [5.74, 6) is -2.60. The normalized spacial score (nSPS) is 10.5. The second-order valence-corrected chi connectivity index (χ2v) is 8.87. The number of carbonyl (C=O) groups is 2. The molecule has 2 aromatic carbocycles. The summed E-state index contributed by atoms with van der Waals surface area (Å²) in [7, 11) is 0. The summed E-state index contributed by atoms with van der Waals surface area (Å²) in [6.07, 6.45) is -0.777. The summed E-state index contributed by atoms with van der Waals surface area (Å²) < 4.78 is 27.3. The van der Waals surface area contributed by atoms with Crippen molar-refractivity contribution >= 4 is 39.5 Å². The Balaban J connectivity index is 1.84. The molecule has 3 rings (SSSR count). The molecule has 1 aromatic heterocycles. The number of carbonyl (C=O) groups excluding carboxylic acids is 1. The quantitative estimate of drug-likeness (QED) is 0.361. The molecule has 9 nitrogen and oxygen atoms in total. The molecule has 1 N–H and O–H groups in total. The van der Waals surface area contributed by atoms with E-state index in [1.165, 1.54) is 37.3 Å². The number of aromatic nitrogens is 2. The number of hydrogen-bond acceptors (Lipinski definition) is 7. The minimum atomic E-state index is -1.15. The molecule has 0 spiro atoms. The molecule has 0 saturated heterocycles. The van der Waals surface area contributed by atoms with Gasteiger partial charge in [-0.1, -0.05) is 17.7 Å². The van der Waals surface area contributed by atoms with Gasteiger partial charge in [0.25, 0.3) is 5.56 Å². The van der Waals surface area contributed by atoms with Gasteiger partial charge in [-0.05, 0) is 58.7 Å². The van der Waals surface area contributed by atoms with E-state index in [1.54, 1.807) is 6.07 Å². The van der Waals surface area contributed by atoms with Gasteiger partial charge in [0.1, 0.15) is 5.75 Å². The molecule has 0 aliphatic rings. The first-order valence-electron chi connectivity index (χ1n) is 10.4. The first-order valence-corrected chi connectivity index (χ1v) is 11.5. The van der Waals surface area contributed by atoms with E-state index in [0.29, 0.717) is 15.7 Å². The molecule has 0 unspecified atom stereocenters. The highest BCUT2D eigenvalue weighted by Gasteiger charge is 2.17. The number of nitriles is 1. The molecule has 0 saturated carbocycles. The van der Waals surface area contributed by atoms with Gasteiger partial charge in [0.15, 0.2) is 18.3 Å². The maximum atomic E-state index is 15.4. The first-order chi connectivity index (χ1) is 17.1. The van der Waals surface area contributed by atoms with Crippen molar-refractivity contribution in [1.29, 1.82) is 5.26 Å². The monoisotopic (exact) mass is 577 g/mol. The van der Waals surface area contributed by atoms with E-state index >= 15 is 4.39 Å². The van der Waals surface area contributed by atoms with E-state index in [2.05, 4.69) is 21.0 Å². The highest BCUT2D eigenvalue weighted by atomic mass is 79.9. The lowest BCUT2D eigenvalue weighted by atomic mass is 10.1. The van der Waals surface area contributed by atoms with Gasteiger partial charge in [-0.25, -0.2) is 4.39 Å². The van der Waals surface area contributed by atoms with E-state index in [9.17, 15) is 14.4 Å². The van der Waals surface area contributed by atoms with Crippen molar-refractivity contribution in [3.05, 3.63) is 84.4 Å². The van der Waals surface area contributed by atoms with Gasteiger partial charge in [-0.2, -0.15) is 15.0 Å². The van der Waals surface area contributed by atoms with Crippen LogP contribution in [0.3, 0.4) is 0 Å². The number of hydrogen-bond donors (Lipinski definition) is 1. The Kier molecular flexibility index (Phi) is 8.79. The predicted octanol–water partition coefficient (Wildman–Crippen LogP) is 4.73. The van der Waals surface area contributed by atoms with Crippen LogP contribution in [0.1, 0.15) is 35.2 Å². The molecule has 36 heavy (non-hydrogen) atoms. The maximum absolute atomic E-state index is 15.4. The summed E-state index contributed by atoms with van der Waals surface area (Å²) in [5, 5.41) is 22.2. The standard InChI is InChI=1S/C24H18BrClFN3O6/c1-13-6-17(29-30(24(13)34)12-35-21(33)5-4-20(31)32)9-15-2-3-19(25)23(22(15)27)36-18-8-14(11-28)7-16(26)10-18/h2-3,6-8,10H,4-5,9,12H2,1H3,(H,31,32). The molecule has 3 aromatic rings. The molecule has 12 heteroatoms. The van der Waals surface area contributed by atoms with Crippen LogP contribution in [-0.4, -0.2) is 26.8 Å². The van der Waals surface area contributed by atoms with Crippen LogP contribution in [0.5, 0.6) is 11.5 Å². The predicted molar refractivity (Wildman–Crippen MR) is 129 cm³/mol. The Bertz CT molecular complexity index is 1440. The summed E-state index contributed by atoms with van der Waals surface area (Å²) >= 11 is 9.26. The SMILES string of the molecule is Cc1cc(Cc2ccc(Br)c(Oc3cc(Cl)cc(C#N)c3)c2F)nn(COC(=O)CCC(=O)O)c1=O. The highest BCUT2D eigenvalue weighted by Crippen LogP contribution is 2.36. The average molecular weight is 579 g/mol. The molecular formula is C24H18BrClFN3O6. The Morgan fingerprint density at radius 3 is 2.69 bits per heavy atom. The molecule has 0 bridgehead atoms. The molecule has 0 fully saturated rings. The number of aryl methyl sites for hydroxylation is 1. The number of carboxylic acid groups (broad SMARTS) is 1. The van der Waals surface area contributed by atoms with E-state index in [0.717, 1.165) is 4.68 Å². The highest BCUT2D eigenvalue weighted by molar-refractivity contribution is 9.10. The van der Waals surface area contributed by atoms with Crippen LogP contribution < -0.4 is 10.3 Å². The van der Waals surface area contributed by atoms with Crippen LogP contribution in [0.15, 0.2) is 45.7 Å². The molecule has 0 amide bonds. The fourth-order valence-corrected chi connectivity index (χ4v) is 3.75. The van der Waals surface area contributed by atoms with Gasteiger partial charge >= 0.3 is 11.9 Å². The lowest BCUT2D eigenvalue weighted by molar-refractivity contribution is -0.151. The Morgan fingerprint density at radius 2 is 2.00 bits per heavy atom. The van der Waals surface area contributed by atoms with Gasteiger partial charge < -0.3 is 14.6 Å². The average Bonchev–Trinajstić information content (AvgIpc) is 2.83. The first kappa shape index (κ1) is 26.8. The zero-order valence-corrected chi connectivity index (χ0v) is 21.1. The van der Waals surface area contributed by atoms with E-state index in [-0.39, 0.29) is 40.5 Å². The second kappa shape index (κ2) is 11.8. The van der Waals surface area contributed by atoms with Crippen LogP contribution in [0, 0.1) is 24.1 Å². The fourth-order valence-electron chi connectivity index (χ4n) is 3.14. The van der Waals surface area contributed by atoms with Gasteiger partial charge in [0.2, 0.25) is 0 Å². The molecular weight excluding hydrogens is 561 g/mol. The minimum Gasteiger partial charge on any atom is -0.481 e. The largest absolute Gasteiger partial charge is 0.481 e.